The number of anilines is 1. The lowest BCUT2D eigenvalue weighted by atomic mass is 10.0. The fraction of sp³-hybridized carbons (Fsp3) is 0.292. The summed E-state index contributed by atoms with van der Waals surface area (Å²) in [7, 11) is 0. The Morgan fingerprint density at radius 3 is 2.50 bits per heavy atom. The van der Waals surface area contributed by atoms with Crippen molar-refractivity contribution in [3.05, 3.63) is 59.3 Å². The fourth-order valence-electron chi connectivity index (χ4n) is 3.31. The summed E-state index contributed by atoms with van der Waals surface area (Å²) >= 11 is 0. The molecule has 0 saturated carbocycles. The smallest absolute Gasteiger partial charge is 0.342 e. The van der Waals surface area contributed by atoms with Crippen LogP contribution in [0.2, 0.25) is 0 Å². The molecule has 8 nitrogen and oxygen atoms in total. The number of nitrogens with one attached hydrogen (secondary N) is 1. The van der Waals surface area contributed by atoms with Crippen LogP contribution in [0.5, 0.6) is 11.5 Å². The van der Waals surface area contributed by atoms with E-state index in [1.807, 2.05) is 13.8 Å². The number of esters is 1. The zero-order valence-corrected chi connectivity index (χ0v) is 18.6. The van der Waals surface area contributed by atoms with E-state index in [-0.39, 0.29) is 36.1 Å². The molecule has 0 bridgehead atoms. The van der Waals surface area contributed by atoms with Gasteiger partial charge in [-0.05, 0) is 64.1 Å². The van der Waals surface area contributed by atoms with Crippen LogP contribution in [0.15, 0.2) is 42.5 Å². The molecule has 0 spiro atoms. The van der Waals surface area contributed by atoms with Crippen molar-refractivity contribution in [1.82, 2.24) is 10.3 Å². The van der Waals surface area contributed by atoms with Gasteiger partial charge in [0.15, 0.2) is 0 Å². The quantitative estimate of drug-likeness (QED) is 0.483. The van der Waals surface area contributed by atoms with Gasteiger partial charge in [0.2, 0.25) is 0 Å². The first-order valence-corrected chi connectivity index (χ1v) is 10.2. The number of hydrogen-bond acceptors (Lipinski definition) is 7. The van der Waals surface area contributed by atoms with Crippen molar-refractivity contribution in [1.29, 1.82) is 0 Å². The number of fused-ring (bicyclic) bond motifs is 1. The molecule has 3 rings (SSSR count). The van der Waals surface area contributed by atoms with Gasteiger partial charge in [-0.2, -0.15) is 0 Å². The number of nitrogens with zero attached hydrogens (tertiary/aromatic N) is 1. The molecule has 0 aliphatic rings. The van der Waals surface area contributed by atoms with Gasteiger partial charge in [-0.25, -0.2) is 4.79 Å². The average Bonchev–Trinajstić information content (AvgIpc) is 2.72. The minimum atomic E-state index is -0.728. The van der Waals surface area contributed by atoms with Crippen LogP contribution in [-0.2, 0) is 4.74 Å². The van der Waals surface area contributed by atoms with Gasteiger partial charge >= 0.3 is 5.97 Å². The molecule has 8 heteroatoms. The van der Waals surface area contributed by atoms with Crippen LogP contribution in [0.4, 0.5) is 5.69 Å². The highest BCUT2D eigenvalue weighted by Gasteiger charge is 2.24. The predicted octanol–water partition coefficient (Wildman–Crippen LogP) is 3.60. The summed E-state index contributed by atoms with van der Waals surface area (Å²) in [6.45, 7) is 7.44. The van der Waals surface area contributed by atoms with E-state index >= 15 is 0 Å². The first-order chi connectivity index (χ1) is 15.1. The largest absolute Gasteiger partial charge is 0.508 e. The van der Waals surface area contributed by atoms with Crippen molar-refractivity contribution in [3.8, 4) is 11.5 Å². The summed E-state index contributed by atoms with van der Waals surface area (Å²) in [6.07, 6.45) is 0. The van der Waals surface area contributed by atoms with E-state index in [9.17, 15) is 14.7 Å². The number of rotatable bonds is 7. The zero-order chi connectivity index (χ0) is 23.5. The third-order valence-electron chi connectivity index (χ3n) is 4.84. The highest BCUT2D eigenvalue weighted by molar-refractivity contribution is 6.07. The maximum atomic E-state index is 12.5. The zero-order valence-electron chi connectivity index (χ0n) is 18.6. The van der Waals surface area contributed by atoms with Crippen molar-refractivity contribution in [3.63, 3.8) is 0 Å². The molecule has 2 aromatic carbocycles. The Hall–Kier alpha value is -3.81. The number of benzene rings is 2. The first-order valence-electron chi connectivity index (χ1n) is 10.2. The SMILES string of the molecule is CCOC(=O)c1c(C)nc2cccc(OCC(C)(C)NC(=O)c3ccc(O)cc3)c2c1N. The second-order valence-electron chi connectivity index (χ2n) is 8.03. The number of phenolic OH excluding ortho intramolecular Hbond substituents is 1. The van der Waals surface area contributed by atoms with E-state index < -0.39 is 11.5 Å². The lowest BCUT2D eigenvalue weighted by Gasteiger charge is -2.27. The molecule has 1 heterocycles. The third-order valence-corrected chi connectivity index (χ3v) is 4.84. The third kappa shape index (κ3) is 4.91. The summed E-state index contributed by atoms with van der Waals surface area (Å²) in [5.41, 5.74) is 7.57. The number of carbonyl (C=O) groups is 2. The van der Waals surface area contributed by atoms with Crippen LogP contribution in [0.3, 0.4) is 0 Å². The van der Waals surface area contributed by atoms with Gasteiger partial charge in [0, 0.05) is 5.56 Å². The molecule has 0 atom stereocenters. The number of ether oxygens (including phenoxy) is 2. The summed E-state index contributed by atoms with van der Waals surface area (Å²) in [6, 6.07) is 11.3. The Kier molecular flexibility index (Phi) is 6.53. The van der Waals surface area contributed by atoms with Crippen LogP contribution in [-0.4, -0.2) is 40.7 Å². The summed E-state index contributed by atoms with van der Waals surface area (Å²) in [4.78, 5) is 29.4. The van der Waals surface area contributed by atoms with Crippen LogP contribution in [0.1, 0.15) is 47.2 Å². The molecule has 32 heavy (non-hydrogen) atoms. The number of nitrogen functional groups attached to an aromatic ring is 1. The van der Waals surface area contributed by atoms with Crippen LogP contribution < -0.4 is 15.8 Å². The van der Waals surface area contributed by atoms with Crippen molar-refractivity contribution in [2.45, 2.75) is 33.2 Å². The number of aromatic nitrogens is 1. The molecule has 4 N–H and O–H groups in total. The molecule has 168 valence electrons. The van der Waals surface area contributed by atoms with E-state index in [4.69, 9.17) is 15.2 Å². The second-order valence-corrected chi connectivity index (χ2v) is 8.03. The normalized spacial score (nSPS) is 11.2. The van der Waals surface area contributed by atoms with Crippen molar-refractivity contribution in [2.24, 2.45) is 0 Å². The topological polar surface area (TPSA) is 124 Å². The maximum absolute atomic E-state index is 12.5. The summed E-state index contributed by atoms with van der Waals surface area (Å²) in [5.74, 6) is -0.292. The Labute approximate surface area is 186 Å². The maximum Gasteiger partial charge on any atom is 0.342 e. The van der Waals surface area contributed by atoms with Crippen LogP contribution in [0.25, 0.3) is 10.9 Å². The standard InChI is InChI=1S/C24H27N3O5/c1-5-31-23(30)19-14(2)26-17-7-6-8-18(20(17)21(19)25)32-13-24(3,4)27-22(29)15-9-11-16(28)12-10-15/h6-12,28H,5,13H2,1-4H3,(H2,25,26)(H,27,29). The molecule has 1 aromatic heterocycles. The molecule has 0 saturated heterocycles. The van der Waals surface area contributed by atoms with E-state index in [2.05, 4.69) is 10.3 Å². The highest BCUT2D eigenvalue weighted by Crippen LogP contribution is 2.34. The number of phenols is 1. The average molecular weight is 437 g/mol. The summed E-state index contributed by atoms with van der Waals surface area (Å²) in [5, 5.41) is 12.8. The first kappa shape index (κ1) is 22.9. The van der Waals surface area contributed by atoms with Gasteiger partial charge < -0.3 is 25.6 Å². The fourth-order valence-corrected chi connectivity index (χ4v) is 3.31. The molecule has 0 aliphatic carbocycles. The molecule has 0 unspecified atom stereocenters. The van der Waals surface area contributed by atoms with Crippen molar-refractivity contribution >= 4 is 28.5 Å². The Morgan fingerprint density at radius 2 is 1.84 bits per heavy atom. The Bertz CT molecular complexity index is 1160. The van der Waals surface area contributed by atoms with Crippen molar-refractivity contribution in [2.75, 3.05) is 18.9 Å². The van der Waals surface area contributed by atoms with Gasteiger partial charge in [-0.1, -0.05) is 6.07 Å². The number of carbonyl (C=O) groups excluding carboxylic acids is 2. The lowest BCUT2D eigenvalue weighted by Crippen LogP contribution is -2.47. The Balaban J connectivity index is 1.85. The number of aryl methyl sites for hydroxylation is 1. The number of aromatic hydroxyl groups is 1. The number of amides is 1. The van der Waals surface area contributed by atoms with Gasteiger partial charge in [0.25, 0.3) is 5.91 Å². The number of pyridine rings is 1. The van der Waals surface area contributed by atoms with Crippen LogP contribution in [0, 0.1) is 6.92 Å². The minimum Gasteiger partial charge on any atom is -0.508 e. The second kappa shape index (κ2) is 9.13. The number of nitrogens with two attached hydrogens (primary N) is 1. The molecular formula is C24H27N3O5. The minimum absolute atomic E-state index is 0.0868. The van der Waals surface area contributed by atoms with Gasteiger partial charge in [0.05, 0.1) is 34.4 Å². The summed E-state index contributed by atoms with van der Waals surface area (Å²) < 4.78 is 11.2. The van der Waals surface area contributed by atoms with E-state index in [0.29, 0.717) is 27.9 Å². The van der Waals surface area contributed by atoms with Gasteiger partial charge in [0.1, 0.15) is 23.7 Å². The molecular weight excluding hydrogens is 410 g/mol. The molecule has 0 aliphatic heterocycles. The molecule has 0 fully saturated rings. The van der Waals surface area contributed by atoms with Gasteiger partial charge in [-0.3, -0.25) is 9.78 Å². The predicted molar refractivity (Wildman–Crippen MR) is 122 cm³/mol. The van der Waals surface area contributed by atoms with E-state index in [0.717, 1.165) is 0 Å². The van der Waals surface area contributed by atoms with Crippen molar-refractivity contribution < 1.29 is 24.2 Å². The van der Waals surface area contributed by atoms with Crippen LogP contribution >= 0.6 is 0 Å². The van der Waals surface area contributed by atoms with Gasteiger partial charge in [-0.15, -0.1) is 0 Å². The monoisotopic (exact) mass is 437 g/mol. The van der Waals surface area contributed by atoms with E-state index in [1.54, 1.807) is 32.0 Å². The van der Waals surface area contributed by atoms with E-state index in [1.165, 1.54) is 24.3 Å². The molecule has 0 radical (unpaired) electrons. The lowest BCUT2D eigenvalue weighted by molar-refractivity contribution is 0.0526. The molecule has 1 amide bonds. The highest BCUT2D eigenvalue weighted by atomic mass is 16.5. The number of hydrogen-bond donors (Lipinski definition) is 3. The Morgan fingerprint density at radius 1 is 1.16 bits per heavy atom. The molecule has 3 aromatic rings.